The molecule has 7 nitrogen and oxygen atoms in total. The minimum absolute atomic E-state index is 0.137. The van der Waals surface area contributed by atoms with E-state index in [0.717, 1.165) is 5.56 Å². The average Bonchev–Trinajstić information content (AvgIpc) is 2.68. The van der Waals surface area contributed by atoms with Crippen molar-refractivity contribution in [1.29, 1.82) is 0 Å². The van der Waals surface area contributed by atoms with Crippen molar-refractivity contribution in [2.75, 3.05) is 31.6 Å². The second-order valence-electron chi connectivity index (χ2n) is 6.16. The summed E-state index contributed by atoms with van der Waals surface area (Å²) in [5.74, 6) is 0.493. The first-order valence-electron chi connectivity index (χ1n) is 8.62. The number of rotatable bonds is 6. The predicted octanol–water partition coefficient (Wildman–Crippen LogP) is 2.24. The van der Waals surface area contributed by atoms with E-state index < -0.39 is 10.0 Å². The lowest BCUT2D eigenvalue weighted by Gasteiger charge is -2.26. The summed E-state index contributed by atoms with van der Waals surface area (Å²) >= 11 is 0. The summed E-state index contributed by atoms with van der Waals surface area (Å²) in [6.07, 6.45) is 0. The predicted molar refractivity (Wildman–Crippen MR) is 101 cm³/mol. The second kappa shape index (κ2) is 8.51. The Hall–Kier alpha value is -2.42. The van der Waals surface area contributed by atoms with Gasteiger partial charge in [0.1, 0.15) is 12.4 Å². The molecular weight excluding hydrogens is 368 g/mol. The number of hydrogen-bond donors (Lipinski definition) is 1. The van der Waals surface area contributed by atoms with Crippen LogP contribution in [0, 0.1) is 0 Å². The third kappa shape index (κ3) is 5.06. The third-order valence-electron chi connectivity index (χ3n) is 4.09. The molecule has 144 valence electrons. The topological polar surface area (TPSA) is 84.9 Å². The standard InChI is InChI=1S/C19H22N2O5S/c1-15(22)20-17-5-7-18(8-6-17)26-14-16-3-2-4-19(13-16)27(23,24)21-9-11-25-12-10-21/h2-8,13H,9-12,14H2,1H3,(H,20,22). The highest BCUT2D eigenvalue weighted by Gasteiger charge is 2.26. The molecule has 1 aliphatic heterocycles. The number of carbonyl (C=O) groups is 1. The number of nitrogens with one attached hydrogen (secondary N) is 1. The molecule has 0 bridgehead atoms. The van der Waals surface area contributed by atoms with Crippen LogP contribution in [-0.2, 0) is 26.2 Å². The normalized spacial score (nSPS) is 15.3. The quantitative estimate of drug-likeness (QED) is 0.818. The maximum absolute atomic E-state index is 12.7. The number of amides is 1. The summed E-state index contributed by atoms with van der Waals surface area (Å²) in [5.41, 5.74) is 1.45. The van der Waals surface area contributed by atoms with Crippen molar-refractivity contribution >= 4 is 21.6 Å². The zero-order chi connectivity index (χ0) is 19.3. The Balaban J connectivity index is 1.66. The molecule has 0 saturated carbocycles. The van der Waals surface area contributed by atoms with Crippen LogP contribution in [0.3, 0.4) is 0 Å². The molecule has 3 rings (SSSR count). The van der Waals surface area contributed by atoms with Crippen LogP contribution in [-0.4, -0.2) is 44.9 Å². The molecule has 1 N–H and O–H groups in total. The Bertz CT molecular complexity index is 891. The van der Waals surface area contributed by atoms with Crippen molar-refractivity contribution in [2.24, 2.45) is 0 Å². The number of sulfonamides is 1. The first kappa shape index (κ1) is 19.3. The van der Waals surface area contributed by atoms with Crippen molar-refractivity contribution in [3.8, 4) is 5.75 Å². The van der Waals surface area contributed by atoms with E-state index in [1.165, 1.54) is 11.2 Å². The monoisotopic (exact) mass is 390 g/mol. The minimum Gasteiger partial charge on any atom is -0.489 e. The van der Waals surface area contributed by atoms with E-state index >= 15 is 0 Å². The molecule has 27 heavy (non-hydrogen) atoms. The molecule has 1 fully saturated rings. The van der Waals surface area contributed by atoms with E-state index in [4.69, 9.17) is 9.47 Å². The SMILES string of the molecule is CC(=O)Nc1ccc(OCc2cccc(S(=O)(=O)N3CCOCC3)c2)cc1. The van der Waals surface area contributed by atoms with Crippen LogP contribution in [0.2, 0.25) is 0 Å². The number of benzene rings is 2. The van der Waals surface area contributed by atoms with Crippen LogP contribution in [0.5, 0.6) is 5.75 Å². The van der Waals surface area contributed by atoms with Gasteiger partial charge in [-0.15, -0.1) is 0 Å². The van der Waals surface area contributed by atoms with Gasteiger partial charge in [0.25, 0.3) is 0 Å². The fraction of sp³-hybridized carbons (Fsp3) is 0.316. The highest BCUT2D eigenvalue weighted by atomic mass is 32.2. The Labute approximate surface area is 158 Å². The van der Waals surface area contributed by atoms with E-state index in [2.05, 4.69) is 5.32 Å². The van der Waals surface area contributed by atoms with E-state index in [1.54, 1.807) is 42.5 Å². The van der Waals surface area contributed by atoms with E-state index in [9.17, 15) is 13.2 Å². The average molecular weight is 390 g/mol. The molecule has 0 aliphatic carbocycles. The molecule has 1 heterocycles. The molecule has 0 spiro atoms. The van der Waals surface area contributed by atoms with Gasteiger partial charge in [0.05, 0.1) is 18.1 Å². The molecule has 0 radical (unpaired) electrons. The summed E-state index contributed by atoms with van der Waals surface area (Å²) in [6, 6.07) is 13.8. The largest absolute Gasteiger partial charge is 0.489 e. The molecule has 2 aromatic carbocycles. The van der Waals surface area contributed by atoms with Gasteiger partial charge in [0, 0.05) is 25.7 Å². The smallest absolute Gasteiger partial charge is 0.243 e. The van der Waals surface area contributed by atoms with Gasteiger partial charge in [-0.2, -0.15) is 4.31 Å². The summed E-state index contributed by atoms with van der Waals surface area (Å²) in [5, 5.41) is 2.69. The summed E-state index contributed by atoms with van der Waals surface area (Å²) in [4.78, 5) is 11.3. The van der Waals surface area contributed by atoms with Crippen LogP contribution >= 0.6 is 0 Å². The van der Waals surface area contributed by atoms with Crippen molar-refractivity contribution in [2.45, 2.75) is 18.4 Å². The van der Waals surface area contributed by atoms with Crippen molar-refractivity contribution in [1.82, 2.24) is 4.31 Å². The van der Waals surface area contributed by atoms with Crippen LogP contribution in [0.4, 0.5) is 5.69 Å². The van der Waals surface area contributed by atoms with Gasteiger partial charge in [-0.25, -0.2) is 8.42 Å². The first-order chi connectivity index (χ1) is 12.9. The summed E-state index contributed by atoms with van der Waals surface area (Å²) in [7, 11) is -3.53. The van der Waals surface area contributed by atoms with Gasteiger partial charge in [-0.3, -0.25) is 4.79 Å². The lowest BCUT2D eigenvalue weighted by Crippen LogP contribution is -2.40. The molecule has 1 amide bonds. The van der Waals surface area contributed by atoms with Crippen LogP contribution < -0.4 is 10.1 Å². The molecule has 0 unspecified atom stereocenters. The number of carbonyl (C=O) groups excluding carboxylic acids is 1. The third-order valence-corrected chi connectivity index (χ3v) is 5.98. The highest BCUT2D eigenvalue weighted by molar-refractivity contribution is 7.89. The Morgan fingerprint density at radius 1 is 1.15 bits per heavy atom. The maximum Gasteiger partial charge on any atom is 0.243 e. The molecule has 8 heteroatoms. The fourth-order valence-corrected chi connectivity index (χ4v) is 4.21. The van der Waals surface area contributed by atoms with Gasteiger partial charge in [-0.1, -0.05) is 12.1 Å². The van der Waals surface area contributed by atoms with Gasteiger partial charge in [0.15, 0.2) is 0 Å². The summed E-state index contributed by atoms with van der Waals surface area (Å²) < 4.78 is 37.9. The summed E-state index contributed by atoms with van der Waals surface area (Å²) in [6.45, 7) is 3.24. The lowest BCUT2D eigenvalue weighted by atomic mass is 10.2. The number of morpholine rings is 1. The number of ether oxygens (including phenoxy) is 2. The molecule has 1 aliphatic rings. The Kier molecular flexibility index (Phi) is 6.10. The first-order valence-corrected chi connectivity index (χ1v) is 10.1. The molecular formula is C19H22N2O5S. The minimum atomic E-state index is -3.53. The van der Waals surface area contributed by atoms with Gasteiger partial charge in [0.2, 0.25) is 15.9 Å². The maximum atomic E-state index is 12.7. The van der Waals surface area contributed by atoms with Gasteiger partial charge >= 0.3 is 0 Å². The van der Waals surface area contributed by atoms with Crippen LogP contribution in [0.25, 0.3) is 0 Å². The Morgan fingerprint density at radius 2 is 1.85 bits per heavy atom. The number of hydrogen-bond acceptors (Lipinski definition) is 5. The van der Waals surface area contributed by atoms with Gasteiger partial charge < -0.3 is 14.8 Å². The van der Waals surface area contributed by atoms with Crippen LogP contribution in [0.15, 0.2) is 53.4 Å². The molecule has 1 saturated heterocycles. The zero-order valence-electron chi connectivity index (χ0n) is 15.1. The van der Waals surface area contributed by atoms with Gasteiger partial charge in [-0.05, 0) is 42.0 Å². The second-order valence-corrected chi connectivity index (χ2v) is 8.10. The van der Waals surface area contributed by atoms with Crippen molar-refractivity contribution < 1.29 is 22.7 Å². The number of nitrogens with zero attached hydrogens (tertiary/aromatic N) is 1. The van der Waals surface area contributed by atoms with E-state index in [-0.39, 0.29) is 17.4 Å². The fourth-order valence-electron chi connectivity index (χ4n) is 2.74. The zero-order valence-corrected chi connectivity index (χ0v) is 15.9. The van der Waals surface area contributed by atoms with E-state index in [1.807, 2.05) is 6.07 Å². The lowest BCUT2D eigenvalue weighted by molar-refractivity contribution is -0.114. The van der Waals surface area contributed by atoms with E-state index in [0.29, 0.717) is 37.7 Å². The molecule has 0 atom stereocenters. The highest BCUT2D eigenvalue weighted by Crippen LogP contribution is 2.20. The van der Waals surface area contributed by atoms with Crippen molar-refractivity contribution in [3.63, 3.8) is 0 Å². The number of anilines is 1. The van der Waals surface area contributed by atoms with Crippen molar-refractivity contribution in [3.05, 3.63) is 54.1 Å². The Morgan fingerprint density at radius 3 is 2.52 bits per heavy atom. The molecule has 2 aromatic rings. The van der Waals surface area contributed by atoms with Crippen LogP contribution in [0.1, 0.15) is 12.5 Å². The molecule has 0 aromatic heterocycles.